The molecule has 0 fully saturated rings. The molecule has 0 N–H and O–H groups in total. The van der Waals surface area contributed by atoms with Gasteiger partial charge in [-0.1, -0.05) is 26.0 Å². The standard InChI is InChI=1S/C21H30N2O4S2/c1-6-22(7-2)18-11-10-17(19(13-18)27-29(5,25)26)15-23(14-16(3)4)21(24)20-9-8-12-28-20/h8-13,16H,6-7,14-15H2,1-5H3. The van der Waals surface area contributed by atoms with Gasteiger partial charge in [0.1, 0.15) is 5.75 Å². The van der Waals surface area contributed by atoms with Crippen LogP contribution in [0.15, 0.2) is 35.7 Å². The van der Waals surface area contributed by atoms with Crippen molar-refractivity contribution in [2.24, 2.45) is 5.92 Å². The number of hydrogen-bond acceptors (Lipinski definition) is 6. The van der Waals surface area contributed by atoms with E-state index in [2.05, 4.69) is 4.90 Å². The Morgan fingerprint density at radius 3 is 2.38 bits per heavy atom. The number of benzene rings is 1. The molecule has 1 aromatic carbocycles. The van der Waals surface area contributed by atoms with Crippen molar-refractivity contribution in [1.82, 2.24) is 4.90 Å². The highest BCUT2D eigenvalue weighted by molar-refractivity contribution is 7.86. The van der Waals surface area contributed by atoms with Crippen LogP contribution in [0, 0.1) is 5.92 Å². The molecule has 0 radical (unpaired) electrons. The molecule has 1 aromatic heterocycles. The Bertz CT molecular complexity index is 905. The lowest BCUT2D eigenvalue weighted by atomic mass is 10.1. The fourth-order valence-electron chi connectivity index (χ4n) is 3.12. The van der Waals surface area contributed by atoms with Gasteiger partial charge in [-0.3, -0.25) is 4.79 Å². The van der Waals surface area contributed by atoms with Crippen molar-refractivity contribution in [2.75, 3.05) is 30.8 Å². The maximum Gasteiger partial charge on any atom is 0.306 e. The van der Waals surface area contributed by atoms with Gasteiger partial charge in [-0.2, -0.15) is 8.42 Å². The Labute approximate surface area is 178 Å². The average molecular weight is 439 g/mol. The Kier molecular flexibility index (Phi) is 8.10. The number of carbonyl (C=O) groups is 1. The minimum atomic E-state index is -3.70. The zero-order valence-electron chi connectivity index (χ0n) is 17.7. The van der Waals surface area contributed by atoms with Gasteiger partial charge in [-0.05, 0) is 37.3 Å². The van der Waals surface area contributed by atoms with Gasteiger partial charge in [-0.15, -0.1) is 11.3 Å². The summed E-state index contributed by atoms with van der Waals surface area (Å²) in [4.78, 5) is 17.5. The topological polar surface area (TPSA) is 66.9 Å². The molecule has 0 unspecified atom stereocenters. The van der Waals surface area contributed by atoms with Crippen LogP contribution in [-0.2, 0) is 16.7 Å². The van der Waals surface area contributed by atoms with Crippen molar-refractivity contribution in [2.45, 2.75) is 34.2 Å². The van der Waals surface area contributed by atoms with Gasteiger partial charge in [0, 0.05) is 43.5 Å². The highest BCUT2D eigenvalue weighted by atomic mass is 32.2. The molecule has 29 heavy (non-hydrogen) atoms. The van der Waals surface area contributed by atoms with Gasteiger partial charge < -0.3 is 14.0 Å². The second-order valence-corrected chi connectivity index (χ2v) is 9.83. The molecule has 1 heterocycles. The lowest BCUT2D eigenvalue weighted by molar-refractivity contribution is 0.0727. The van der Waals surface area contributed by atoms with Gasteiger partial charge in [0.2, 0.25) is 0 Å². The predicted molar refractivity (Wildman–Crippen MR) is 119 cm³/mol. The summed E-state index contributed by atoms with van der Waals surface area (Å²) >= 11 is 1.40. The van der Waals surface area contributed by atoms with E-state index in [1.54, 1.807) is 17.0 Å². The Morgan fingerprint density at radius 2 is 1.86 bits per heavy atom. The Hall–Kier alpha value is -2.06. The Morgan fingerprint density at radius 1 is 1.17 bits per heavy atom. The molecule has 160 valence electrons. The summed E-state index contributed by atoms with van der Waals surface area (Å²) in [5, 5.41) is 1.87. The molecule has 0 spiro atoms. The third-order valence-electron chi connectivity index (χ3n) is 4.39. The zero-order valence-corrected chi connectivity index (χ0v) is 19.3. The van der Waals surface area contributed by atoms with Crippen LogP contribution >= 0.6 is 11.3 Å². The largest absolute Gasteiger partial charge is 0.382 e. The normalized spacial score (nSPS) is 11.5. The molecule has 6 nitrogen and oxygen atoms in total. The molecule has 0 aliphatic carbocycles. The van der Waals surface area contributed by atoms with E-state index in [9.17, 15) is 13.2 Å². The van der Waals surface area contributed by atoms with Crippen LogP contribution in [0.4, 0.5) is 5.69 Å². The van der Waals surface area contributed by atoms with E-state index in [1.807, 2.05) is 51.3 Å². The first kappa shape index (κ1) is 23.2. The predicted octanol–water partition coefficient (Wildman–Crippen LogP) is 4.23. The second-order valence-electron chi connectivity index (χ2n) is 7.31. The van der Waals surface area contributed by atoms with Gasteiger partial charge in [0.15, 0.2) is 0 Å². The van der Waals surface area contributed by atoms with Crippen molar-refractivity contribution < 1.29 is 17.4 Å². The second kappa shape index (κ2) is 10.1. The third-order valence-corrected chi connectivity index (χ3v) is 5.73. The lowest BCUT2D eigenvalue weighted by Crippen LogP contribution is -2.33. The monoisotopic (exact) mass is 438 g/mol. The molecule has 2 aromatic rings. The summed E-state index contributed by atoms with van der Waals surface area (Å²) in [6, 6.07) is 9.19. The van der Waals surface area contributed by atoms with Crippen molar-refractivity contribution in [3.8, 4) is 5.75 Å². The summed E-state index contributed by atoms with van der Waals surface area (Å²) in [5.74, 6) is 0.476. The number of rotatable bonds is 10. The third kappa shape index (κ3) is 6.75. The van der Waals surface area contributed by atoms with E-state index in [4.69, 9.17) is 4.18 Å². The molecule has 1 amide bonds. The van der Waals surface area contributed by atoms with Crippen LogP contribution in [0.25, 0.3) is 0 Å². The summed E-state index contributed by atoms with van der Waals surface area (Å²) in [6.45, 7) is 10.6. The molecule has 0 saturated heterocycles. The number of anilines is 1. The van der Waals surface area contributed by atoms with E-state index < -0.39 is 10.1 Å². The average Bonchev–Trinajstić information content (AvgIpc) is 3.16. The number of nitrogens with zero attached hydrogens (tertiary/aromatic N) is 2. The van der Waals surface area contributed by atoms with E-state index in [0.29, 0.717) is 17.0 Å². The maximum absolute atomic E-state index is 13.0. The molecule has 0 atom stereocenters. The lowest BCUT2D eigenvalue weighted by Gasteiger charge is -2.26. The molecule has 0 aliphatic heterocycles. The minimum Gasteiger partial charge on any atom is -0.382 e. The number of hydrogen-bond donors (Lipinski definition) is 0. The SMILES string of the molecule is CCN(CC)c1ccc(CN(CC(C)C)C(=O)c2cccs2)c(OS(C)(=O)=O)c1. The quantitative estimate of drug-likeness (QED) is 0.519. The van der Waals surface area contributed by atoms with Crippen LogP contribution in [0.5, 0.6) is 5.75 Å². The summed E-state index contributed by atoms with van der Waals surface area (Å²) in [7, 11) is -3.70. The van der Waals surface area contributed by atoms with Crippen molar-refractivity contribution in [1.29, 1.82) is 0 Å². The fourth-order valence-corrected chi connectivity index (χ4v) is 4.29. The van der Waals surface area contributed by atoms with Gasteiger partial charge >= 0.3 is 10.1 Å². The summed E-state index contributed by atoms with van der Waals surface area (Å²) in [5.41, 5.74) is 1.55. The van der Waals surface area contributed by atoms with Crippen molar-refractivity contribution >= 4 is 33.0 Å². The first-order valence-corrected chi connectivity index (χ1v) is 12.4. The van der Waals surface area contributed by atoms with Crippen LogP contribution in [0.3, 0.4) is 0 Å². The molecule has 0 saturated carbocycles. The zero-order chi connectivity index (χ0) is 21.6. The van der Waals surface area contributed by atoms with E-state index in [1.165, 1.54) is 11.3 Å². The summed E-state index contributed by atoms with van der Waals surface area (Å²) in [6.07, 6.45) is 1.03. The van der Waals surface area contributed by atoms with Gasteiger partial charge in [-0.25, -0.2) is 0 Å². The van der Waals surface area contributed by atoms with Gasteiger partial charge in [0.25, 0.3) is 5.91 Å². The number of thiophene rings is 1. The highest BCUT2D eigenvalue weighted by Gasteiger charge is 2.21. The number of amides is 1. The molecular formula is C21H30N2O4S2. The fraction of sp³-hybridized carbons (Fsp3) is 0.476. The van der Waals surface area contributed by atoms with E-state index in [-0.39, 0.29) is 24.1 Å². The van der Waals surface area contributed by atoms with Crippen LogP contribution in [-0.4, -0.2) is 45.1 Å². The molecular weight excluding hydrogens is 408 g/mol. The smallest absolute Gasteiger partial charge is 0.306 e. The molecule has 0 aliphatic rings. The first-order valence-electron chi connectivity index (χ1n) is 9.74. The molecule has 8 heteroatoms. The number of carbonyl (C=O) groups excluding carboxylic acids is 1. The van der Waals surface area contributed by atoms with Gasteiger partial charge in [0.05, 0.1) is 11.1 Å². The van der Waals surface area contributed by atoms with E-state index >= 15 is 0 Å². The van der Waals surface area contributed by atoms with Crippen LogP contribution in [0.2, 0.25) is 0 Å². The molecule has 0 bridgehead atoms. The molecule has 2 rings (SSSR count). The van der Waals surface area contributed by atoms with Crippen LogP contribution < -0.4 is 9.08 Å². The summed E-state index contributed by atoms with van der Waals surface area (Å²) < 4.78 is 29.0. The van der Waals surface area contributed by atoms with Crippen LogP contribution in [0.1, 0.15) is 42.9 Å². The maximum atomic E-state index is 13.0. The Balaban J connectivity index is 2.41. The minimum absolute atomic E-state index is 0.0631. The van der Waals surface area contributed by atoms with Crippen molar-refractivity contribution in [3.05, 3.63) is 46.2 Å². The highest BCUT2D eigenvalue weighted by Crippen LogP contribution is 2.29. The van der Waals surface area contributed by atoms with E-state index in [0.717, 1.165) is 25.0 Å². The first-order chi connectivity index (χ1) is 13.6. The van der Waals surface area contributed by atoms with Crippen molar-refractivity contribution in [3.63, 3.8) is 0 Å².